The standard InChI is InChI=1S/C18H15ClN2O3S2/c19-15-8-1-4-12-5-2-9-16(18(12)15)25-11-17(22)21-13-6-3-7-14(10-13)26(20,23)24/h1-10H,11H2,(H,21,22)(H2,20,23,24). The van der Waals surface area contributed by atoms with Crippen LogP contribution in [-0.2, 0) is 14.8 Å². The van der Waals surface area contributed by atoms with Crippen LogP contribution in [0.2, 0.25) is 5.02 Å². The fourth-order valence-corrected chi connectivity index (χ4v) is 4.28. The number of carbonyl (C=O) groups is 1. The molecule has 0 saturated heterocycles. The maximum absolute atomic E-state index is 12.2. The zero-order valence-corrected chi connectivity index (χ0v) is 15.9. The number of hydrogen-bond acceptors (Lipinski definition) is 4. The molecule has 0 saturated carbocycles. The lowest BCUT2D eigenvalue weighted by atomic mass is 10.1. The molecule has 0 aliphatic heterocycles. The van der Waals surface area contributed by atoms with E-state index in [1.54, 1.807) is 6.07 Å². The number of thioether (sulfide) groups is 1. The number of benzene rings is 3. The van der Waals surface area contributed by atoms with Crippen molar-refractivity contribution >= 4 is 55.8 Å². The molecule has 8 heteroatoms. The molecule has 3 rings (SSSR count). The minimum atomic E-state index is -3.82. The molecule has 26 heavy (non-hydrogen) atoms. The third-order valence-corrected chi connectivity index (χ3v) is 5.90. The van der Waals surface area contributed by atoms with E-state index in [9.17, 15) is 13.2 Å². The number of halogens is 1. The number of fused-ring (bicyclic) bond motifs is 1. The molecular formula is C18H15ClN2O3S2. The average molecular weight is 407 g/mol. The van der Waals surface area contributed by atoms with Crippen molar-refractivity contribution in [3.63, 3.8) is 0 Å². The van der Waals surface area contributed by atoms with E-state index in [4.69, 9.17) is 16.7 Å². The zero-order chi connectivity index (χ0) is 18.7. The van der Waals surface area contributed by atoms with E-state index < -0.39 is 10.0 Å². The van der Waals surface area contributed by atoms with E-state index in [0.29, 0.717) is 10.7 Å². The number of primary sulfonamides is 1. The minimum Gasteiger partial charge on any atom is -0.325 e. The summed E-state index contributed by atoms with van der Waals surface area (Å²) in [5.41, 5.74) is 0.373. The van der Waals surface area contributed by atoms with Crippen LogP contribution in [0.25, 0.3) is 10.8 Å². The quantitative estimate of drug-likeness (QED) is 0.629. The van der Waals surface area contributed by atoms with Crippen molar-refractivity contribution in [3.8, 4) is 0 Å². The Morgan fingerprint density at radius 2 is 1.77 bits per heavy atom. The summed E-state index contributed by atoms with van der Waals surface area (Å²) in [6.07, 6.45) is 0. The Morgan fingerprint density at radius 1 is 1.08 bits per heavy atom. The predicted octanol–water partition coefficient (Wildman–Crippen LogP) is 3.87. The van der Waals surface area contributed by atoms with Crippen LogP contribution < -0.4 is 10.5 Å². The Labute approximate surface area is 160 Å². The van der Waals surface area contributed by atoms with E-state index in [-0.39, 0.29) is 16.6 Å². The average Bonchev–Trinajstić information content (AvgIpc) is 2.59. The van der Waals surface area contributed by atoms with Gasteiger partial charge in [-0.3, -0.25) is 4.79 Å². The molecule has 134 valence electrons. The van der Waals surface area contributed by atoms with E-state index in [0.717, 1.165) is 15.7 Å². The van der Waals surface area contributed by atoms with Gasteiger partial charge in [0.1, 0.15) is 0 Å². The molecule has 3 N–H and O–H groups in total. The highest BCUT2D eigenvalue weighted by atomic mass is 35.5. The van der Waals surface area contributed by atoms with Gasteiger partial charge >= 0.3 is 0 Å². The van der Waals surface area contributed by atoms with Gasteiger partial charge in [-0.1, -0.05) is 41.9 Å². The largest absolute Gasteiger partial charge is 0.325 e. The van der Waals surface area contributed by atoms with Crippen LogP contribution in [-0.4, -0.2) is 20.1 Å². The first-order valence-electron chi connectivity index (χ1n) is 7.57. The summed E-state index contributed by atoms with van der Waals surface area (Å²) in [6.45, 7) is 0. The van der Waals surface area contributed by atoms with Crippen LogP contribution in [0.1, 0.15) is 0 Å². The highest BCUT2D eigenvalue weighted by molar-refractivity contribution is 8.00. The van der Waals surface area contributed by atoms with Crippen molar-refractivity contribution in [2.45, 2.75) is 9.79 Å². The second-order valence-electron chi connectivity index (χ2n) is 5.50. The van der Waals surface area contributed by atoms with Crippen molar-refractivity contribution < 1.29 is 13.2 Å². The highest BCUT2D eigenvalue weighted by Gasteiger charge is 2.11. The fourth-order valence-electron chi connectivity index (χ4n) is 2.47. The second-order valence-corrected chi connectivity index (χ2v) is 8.49. The molecule has 1 amide bonds. The van der Waals surface area contributed by atoms with Gasteiger partial charge in [0.25, 0.3) is 0 Å². The predicted molar refractivity (Wildman–Crippen MR) is 106 cm³/mol. The fraction of sp³-hybridized carbons (Fsp3) is 0.0556. The molecule has 0 spiro atoms. The first kappa shape index (κ1) is 18.7. The Morgan fingerprint density at radius 3 is 2.50 bits per heavy atom. The van der Waals surface area contributed by atoms with Gasteiger partial charge in [0.05, 0.1) is 10.6 Å². The van der Waals surface area contributed by atoms with Crippen LogP contribution in [0, 0.1) is 0 Å². The summed E-state index contributed by atoms with van der Waals surface area (Å²) in [6, 6.07) is 17.3. The molecule has 0 aliphatic carbocycles. The summed E-state index contributed by atoms with van der Waals surface area (Å²) in [5.74, 6) is -0.102. The Balaban J connectivity index is 1.73. The monoisotopic (exact) mass is 406 g/mol. The third kappa shape index (κ3) is 4.37. The smallest absolute Gasteiger partial charge is 0.238 e. The van der Waals surface area contributed by atoms with Crippen LogP contribution in [0.3, 0.4) is 0 Å². The number of nitrogens with one attached hydrogen (secondary N) is 1. The van der Waals surface area contributed by atoms with E-state index >= 15 is 0 Å². The summed E-state index contributed by atoms with van der Waals surface area (Å²) >= 11 is 7.65. The van der Waals surface area contributed by atoms with E-state index in [2.05, 4.69) is 5.32 Å². The molecule has 0 heterocycles. The molecular weight excluding hydrogens is 392 g/mol. The van der Waals surface area contributed by atoms with Crippen LogP contribution >= 0.6 is 23.4 Å². The minimum absolute atomic E-state index is 0.0520. The van der Waals surface area contributed by atoms with Gasteiger partial charge in [-0.15, -0.1) is 11.8 Å². The number of carbonyl (C=O) groups excluding carboxylic acids is 1. The molecule has 0 fully saturated rings. The van der Waals surface area contributed by atoms with Gasteiger partial charge in [-0.05, 0) is 35.7 Å². The highest BCUT2D eigenvalue weighted by Crippen LogP contribution is 2.33. The van der Waals surface area contributed by atoms with Gasteiger partial charge in [0, 0.05) is 21.0 Å². The summed E-state index contributed by atoms with van der Waals surface area (Å²) in [4.78, 5) is 13.1. The molecule has 0 bridgehead atoms. The lowest BCUT2D eigenvalue weighted by Gasteiger charge is -2.09. The summed E-state index contributed by atoms with van der Waals surface area (Å²) in [5, 5.41) is 10.3. The second kappa shape index (κ2) is 7.67. The Bertz CT molecular complexity index is 1080. The SMILES string of the molecule is NS(=O)(=O)c1cccc(NC(=O)CSc2cccc3cccc(Cl)c23)c1. The molecule has 0 unspecified atom stereocenters. The van der Waals surface area contributed by atoms with Crippen LogP contribution in [0.4, 0.5) is 5.69 Å². The lowest BCUT2D eigenvalue weighted by molar-refractivity contribution is -0.113. The maximum Gasteiger partial charge on any atom is 0.238 e. The third-order valence-electron chi connectivity index (χ3n) is 3.62. The number of sulfonamides is 1. The van der Waals surface area contributed by atoms with Crippen molar-refractivity contribution in [3.05, 3.63) is 65.7 Å². The molecule has 3 aromatic carbocycles. The van der Waals surface area contributed by atoms with E-state index in [1.807, 2.05) is 36.4 Å². The van der Waals surface area contributed by atoms with Gasteiger partial charge in [0.15, 0.2) is 0 Å². The first-order chi connectivity index (χ1) is 12.3. The normalized spacial score (nSPS) is 11.5. The number of hydrogen-bond donors (Lipinski definition) is 2. The van der Waals surface area contributed by atoms with Crippen molar-refractivity contribution in [2.75, 3.05) is 11.1 Å². The molecule has 5 nitrogen and oxygen atoms in total. The van der Waals surface area contributed by atoms with Crippen LogP contribution in [0.15, 0.2) is 70.5 Å². The van der Waals surface area contributed by atoms with Gasteiger partial charge in [0.2, 0.25) is 15.9 Å². The first-order valence-corrected chi connectivity index (χ1v) is 10.5. The van der Waals surface area contributed by atoms with Crippen molar-refractivity contribution in [1.29, 1.82) is 0 Å². The topological polar surface area (TPSA) is 89.3 Å². The lowest BCUT2D eigenvalue weighted by Crippen LogP contribution is -2.16. The Kier molecular flexibility index (Phi) is 5.52. The zero-order valence-electron chi connectivity index (χ0n) is 13.5. The number of amides is 1. The van der Waals surface area contributed by atoms with Gasteiger partial charge < -0.3 is 5.32 Å². The summed E-state index contributed by atoms with van der Waals surface area (Å²) in [7, 11) is -3.82. The van der Waals surface area contributed by atoms with Gasteiger partial charge in [-0.2, -0.15) is 0 Å². The van der Waals surface area contributed by atoms with Crippen molar-refractivity contribution in [1.82, 2.24) is 0 Å². The number of rotatable bonds is 5. The van der Waals surface area contributed by atoms with E-state index in [1.165, 1.54) is 30.0 Å². The molecule has 0 aliphatic rings. The molecule has 3 aromatic rings. The van der Waals surface area contributed by atoms with Crippen molar-refractivity contribution in [2.24, 2.45) is 5.14 Å². The molecule has 0 atom stereocenters. The molecule has 0 radical (unpaired) electrons. The number of anilines is 1. The number of nitrogens with two attached hydrogens (primary N) is 1. The van der Waals surface area contributed by atoms with Gasteiger partial charge in [-0.25, -0.2) is 13.6 Å². The molecule has 0 aromatic heterocycles. The van der Waals surface area contributed by atoms with Crippen LogP contribution in [0.5, 0.6) is 0 Å². The maximum atomic E-state index is 12.2. The Hall–Kier alpha value is -2.06. The summed E-state index contributed by atoms with van der Waals surface area (Å²) < 4.78 is 22.8.